The average molecular weight is 199 g/mol. The van der Waals surface area contributed by atoms with Gasteiger partial charge in [0.25, 0.3) is 0 Å². The Morgan fingerprint density at radius 3 is 3.14 bits per heavy atom. The molecule has 0 aromatic carbocycles. The molecule has 2 heterocycles. The minimum Gasteiger partial charge on any atom is -0.481 e. The average Bonchev–Trinajstić information content (AvgIpc) is 2.46. The van der Waals surface area contributed by atoms with Crippen molar-refractivity contribution < 1.29 is 9.90 Å². The molecule has 0 amide bonds. The number of carboxylic acids is 1. The minimum absolute atomic E-state index is 0.0289. The second-order valence-electron chi connectivity index (χ2n) is 4.38. The number of hydrogen-bond donors (Lipinski definition) is 4. The predicted octanol–water partition coefficient (Wildman–Crippen LogP) is -1.26. The van der Waals surface area contributed by atoms with E-state index in [0.717, 1.165) is 26.1 Å². The maximum absolute atomic E-state index is 10.7. The van der Waals surface area contributed by atoms with E-state index >= 15 is 0 Å². The van der Waals surface area contributed by atoms with Gasteiger partial charge in [0.1, 0.15) is 0 Å². The molecule has 1 unspecified atom stereocenters. The van der Waals surface area contributed by atoms with Gasteiger partial charge in [-0.15, -0.1) is 0 Å². The summed E-state index contributed by atoms with van der Waals surface area (Å²) in [5.74, 6) is -0.494. The highest BCUT2D eigenvalue weighted by atomic mass is 16.4. The van der Waals surface area contributed by atoms with Crippen LogP contribution in [0.25, 0.3) is 0 Å². The van der Waals surface area contributed by atoms with Crippen molar-refractivity contribution in [2.24, 2.45) is 11.7 Å². The van der Waals surface area contributed by atoms with Crippen LogP contribution < -0.4 is 16.4 Å². The molecule has 0 radical (unpaired) electrons. The van der Waals surface area contributed by atoms with Crippen molar-refractivity contribution in [2.45, 2.75) is 24.4 Å². The lowest BCUT2D eigenvalue weighted by Gasteiger charge is -2.40. The van der Waals surface area contributed by atoms with Gasteiger partial charge in [-0.2, -0.15) is 0 Å². The zero-order chi connectivity index (χ0) is 10.2. The van der Waals surface area contributed by atoms with E-state index in [9.17, 15) is 4.79 Å². The van der Waals surface area contributed by atoms with Crippen LogP contribution in [0.1, 0.15) is 12.8 Å². The van der Waals surface area contributed by atoms with Crippen molar-refractivity contribution in [3.63, 3.8) is 0 Å². The fraction of sp³-hybridized carbons (Fsp3) is 0.889. The van der Waals surface area contributed by atoms with Gasteiger partial charge in [0.2, 0.25) is 0 Å². The van der Waals surface area contributed by atoms with Crippen molar-refractivity contribution >= 4 is 5.97 Å². The third-order valence-corrected chi connectivity index (χ3v) is 3.43. The molecular formula is C9H17N3O2. The highest BCUT2D eigenvalue weighted by Gasteiger charge is 2.46. The summed E-state index contributed by atoms with van der Waals surface area (Å²) in [5, 5.41) is 15.3. The van der Waals surface area contributed by atoms with Crippen LogP contribution in [0.5, 0.6) is 0 Å². The maximum atomic E-state index is 10.7. The van der Waals surface area contributed by atoms with Crippen molar-refractivity contribution in [1.82, 2.24) is 10.6 Å². The molecule has 80 valence electrons. The summed E-state index contributed by atoms with van der Waals surface area (Å²) in [6.45, 7) is 2.48. The number of carboxylic acid groups (broad SMARTS) is 1. The summed E-state index contributed by atoms with van der Waals surface area (Å²) in [7, 11) is 0. The van der Waals surface area contributed by atoms with Crippen LogP contribution in [-0.4, -0.2) is 42.3 Å². The molecule has 3 atom stereocenters. The zero-order valence-corrected chi connectivity index (χ0v) is 8.12. The molecule has 0 saturated carbocycles. The summed E-state index contributed by atoms with van der Waals surface area (Å²) in [5.41, 5.74) is 6.05. The molecule has 2 aliphatic rings. The van der Waals surface area contributed by atoms with Gasteiger partial charge in [0.05, 0.1) is 6.42 Å². The molecule has 5 nitrogen and oxygen atoms in total. The Kier molecular flexibility index (Phi) is 2.47. The maximum Gasteiger partial charge on any atom is 0.304 e. The normalized spacial score (nSPS) is 42.1. The molecule has 0 aromatic rings. The number of fused-ring (bicyclic) bond motifs is 1. The van der Waals surface area contributed by atoms with E-state index in [4.69, 9.17) is 10.8 Å². The van der Waals surface area contributed by atoms with Crippen molar-refractivity contribution in [1.29, 1.82) is 0 Å². The molecule has 0 spiro atoms. The van der Waals surface area contributed by atoms with Crippen LogP contribution in [-0.2, 0) is 4.79 Å². The van der Waals surface area contributed by atoms with Gasteiger partial charge in [-0.1, -0.05) is 0 Å². The SMILES string of the molecule is N[C@@]12CCN[C@@H](CC(=O)O)C1CNC2. The van der Waals surface area contributed by atoms with Gasteiger partial charge in [0, 0.05) is 30.6 Å². The van der Waals surface area contributed by atoms with Gasteiger partial charge in [-0.05, 0) is 13.0 Å². The summed E-state index contributed by atoms with van der Waals surface area (Å²) in [6, 6.07) is 0.0289. The Morgan fingerprint density at radius 1 is 1.64 bits per heavy atom. The topological polar surface area (TPSA) is 87.4 Å². The van der Waals surface area contributed by atoms with Crippen molar-refractivity contribution in [3.8, 4) is 0 Å². The molecule has 2 rings (SSSR count). The van der Waals surface area contributed by atoms with Crippen molar-refractivity contribution in [3.05, 3.63) is 0 Å². The second-order valence-corrected chi connectivity index (χ2v) is 4.38. The number of nitrogens with one attached hydrogen (secondary N) is 2. The van der Waals surface area contributed by atoms with Crippen LogP contribution in [0.4, 0.5) is 0 Å². The molecule has 2 fully saturated rings. The first kappa shape index (κ1) is 9.89. The van der Waals surface area contributed by atoms with Crippen LogP contribution in [0.2, 0.25) is 0 Å². The fourth-order valence-corrected chi connectivity index (χ4v) is 2.65. The largest absolute Gasteiger partial charge is 0.481 e. The van der Waals surface area contributed by atoms with Gasteiger partial charge in [0.15, 0.2) is 0 Å². The van der Waals surface area contributed by atoms with Crippen LogP contribution in [0.3, 0.4) is 0 Å². The highest BCUT2D eigenvalue weighted by molar-refractivity contribution is 5.67. The van der Waals surface area contributed by atoms with E-state index < -0.39 is 5.97 Å². The highest BCUT2D eigenvalue weighted by Crippen LogP contribution is 2.30. The van der Waals surface area contributed by atoms with E-state index in [-0.39, 0.29) is 23.9 Å². The first-order chi connectivity index (χ1) is 6.62. The molecular weight excluding hydrogens is 182 g/mol. The summed E-state index contributed by atoms with van der Waals surface area (Å²) >= 11 is 0. The number of hydrogen-bond acceptors (Lipinski definition) is 4. The standard InChI is InChI=1S/C9H17N3O2/c10-9-1-2-12-7(3-8(13)14)6(9)4-11-5-9/h6-7,11-12H,1-5,10H2,(H,13,14)/t6?,7-,9+/m0/s1. The monoisotopic (exact) mass is 199 g/mol. The van der Waals surface area contributed by atoms with E-state index in [1.165, 1.54) is 0 Å². The Balaban J connectivity index is 2.07. The summed E-state index contributed by atoms with van der Waals surface area (Å²) < 4.78 is 0. The first-order valence-corrected chi connectivity index (χ1v) is 5.06. The number of nitrogens with two attached hydrogens (primary N) is 1. The van der Waals surface area contributed by atoms with E-state index in [1.807, 2.05) is 0 Å². The lowest BCUT2D eigenvalue weighted by atomic mass is 9.76. The number of rotatable bonds is 2. The third kappa shape index (κ3) is 1.63. The summed E-state index contributed by atoms with van der Waals surface area (Å²) in [6.07, 6.45) is 1.10. The number of aliphatic carboxylic acids is 1. The smallest absolute Gasteiger partial charge is 0.304 e. The molecule has 5 heteroatoms. The van der Waals surface area contributed by atoms with Crippen LogP contribution in [0.15, 0.2) is 0 Å². The zero-order valence-electron chi connectivity index (χ0n) is 8.12. The second kappa shape index (κ2) is 3.49. The first-order valence-electron chi connectivity index (χ1n) is 5.06. The van der Waals surface area contributed by atoms with Gasteiger partial charge < -0.3 is 21.5 Å². The van der Waals surface area contributed by atoms with Crippen LogP contribution >= 0.6 is 0 Å². The van der Waals surface area contributed by atoms with E-state index in [0.29, 0.717) is 0 Å². The number of piperidine rings is 1. The van der Waals surface area contributed by atoms with Gasteiger partial charge in [-0.3, -0.25) is 4.79 Å². The molecule has 2 aliphatic heterocycles. The Labute approximate surface area is 83.0 Å². The minimum atomic E-state index is -0.751. The van der Waals surface area contributed by atoms with Crippen LogP contribution in [0, 0.1) is 5.92 Å². The molecule has 0 aliphatic carbocycles. The Hall–Kier alpha value is -0.650. The molecule has 0 bridgehead atoms. The van der Waals surface area contributed by atoms with Gasteiger partial charge >= 0.3 is 5.97 Å². The Morgan fingerprint density at radius 2 is 2.43 bits per heavy atom. The molecule has 14 heavy (non-hydrogen) atoms. The van der Waals surface area contributed by atoms with E-state index in [1.54, 1.807) is 0 Å². The predicted molar refractivity (Wildman–Crippen MR) is 51.9 cm³/mol. The quantitative estimate of drug-likeness (QED) is 0.446. The molecule has 2 saturated heterocycles. The Bertz CT molecular complexity index is 246. The fourth-order valence-electron chi connectivity index (χ4n) is 2.65. The van der Waals surface area contributed by atoms with Gasteiger partial charge in [-0.25, -0.2) is 0 Å². The summed E-state index contributed by atoms with van der Waals surface area (Å²) in [4.78, 5) is 10.7. The molecule has 5 N–H and O–H groups in total. The molecule has 0 aromatic heterocycles. The third-order valence-electron chi connectivity index (χ3n) is 3.43. The van der Waals surface area contributed by atoms with E-state index in [2.05, 4.69) is 10.6 Å². The van der Waals surface area contributed by atoms with Crippen molar-refractivity contribution in [2.75, 3.05) is 19.6 Å². The number of carbonyl (C=O) groups is 1. The lowest BCUT2D eigenvalue weighted by Crippen LogP contribution is -2.61. The lowest BCUT2D eigenvalue weighted by molar-refractivity contribution is -0.138.